The van der Waals surface area contributed by atoms with Crippen LogP contribution in [0, 0.1) is 18.7 Å². The smallest absolute Gasteiger partial charge is 0.270 e. The van der Waals surface area contributed by atoms with E-state index >= 15 is 0 Å². The summed E-state index contributed by atoms with van der Waals surface area (Å²) in [5, 5.41) is 7.01. The summed E-state index contributed by atoms with van der Waals surface area (Å²) in [6, 6.07) is 16.8. The van der Waals surface area contributed by atoms with Crippen molar-refractivity contribution in [3.05, 3.63) is 88.1 Å². The fourth-order valence-corrected chi connectivity index (χ4v) is 3.73. The van der Waals surface area contributed by atoms with E-state index in [1.54, 1.807) is 14.0 Å². The number of aromatic nitrogens is 2. The molecular formula is C23H22FN3O3. The third kappa shape index (κ3) is 3.83. The molecule has 0 bridgehead atoms. The first kappa shape index (κ1) is 19.8. The van der Waals surface area contributed by atoms with Crippen LogP contribution in [0.2, 0.25) is 0 Å². The number of nitrogens with zero attached hydrogens (tertiary/aromatic N) is 2. The lowest BCUT2D eigenvalue weighted by atomic mass is 9.93. The van der Waals surface area contributed by atoms with Crippen LogP contribution in [0.25, 0.3) is 0 Å². The number of amides is 1. The molecule has 1 aliphatic carbocycles. The van der Waals surface area contributed by atoms with E-state index in [1.165, 1.54) is 35.0 Å². The molecule has 0 radical (unpaired) electrons. The maximum Gasteiger partial charge on any atom is 0.270 e. The SMILES string of the molecule is Cc1nn(C)c(=O)cc1OC[C@@]1(c2ccccc2)C[C@H]1C(=O)Nc1ccc(F)cc1. The van der Waals surface area contributed by atoms with Crippen molar-refractivity contribution >= 4 is 11.6 Å². The highest BCUT2D eigenvalue weighted by Gasteiger charge is 2.60. The van der Waals surface area contributed by atoms with Crippen molar-refractivity contribution < 1.29 is 13.9 Å². The first-order valence-electron chi connectivity index (χ1n) is 9.69. The van der Waals surface area contributed by atoms with Gasteiger partial charge in [0.2, 0.25) is 5.91 Å². The van der Waals surface area contributed by atoms with Crippen molar-refractivity contribution in [3.8, 4) is 5.75 Å². The molecule has 0 spiro atoms. The van der Waals surface area contributed by atoms with E-state index in [2.05, 4.69) is 10.4 Å². The van der Waals surface area contributed by atoms with Gasteiger partial charge in [-0.05, 0) is 43.2 Å². The number of carbonyl (C=O) groups excluding carboxylic acids is 1. The summed E-state index contributed by atoms with van der Waals surface area (Å²) < 4.78 is 20.4. The number of rotatable bonds is 6. The number of anilines is 1. The molecule has 1 fully saturated rings. The van der Waals surface area contributed by atoms with Gasteiger partial charge in [0.15, 0.2) is 0 Å². The Labute approximate surface area is 173 Å². The van der Waals surface area contributed by atoms with Gasteiger partial charge in [0.1, 0.15) is 17.3 Å². The second-order valence-electron chi connectivity index (χ2n) is 7.62. The average molecular weight is 407 g/mol. The molecule has 2 aromatic carbocycles. The summed E-state index contributed by atoms with van der Waals surface area (Å²) >= 11 is 0. The minimum atomic E-state index is -0.501. The molecule has 154 valence electrons. The zero-order chi connectivity index (χ0) is 21.3. The third-order valence-electron chi connectivity index (χ3n) is 5.57. The van der Waals surface area contributed by atoms with Gasteiger partial charge in [-0.15, -0.1) is 0 Å². The highest BCUT2D eigenvalue weighted by Crippen LogP contribution is 2.55. The predicted octanol–water partition coefficient (Wildman–Crippen LogP) is 3.20. The standard InChI is InChI=1S/C23H22FN3O3/c1-15-20(12-21(28)27(2)26-15)30-14-23(16-6-4-3-5-7-16)13-19(23)22(29)25-18-10-8-17(24)9-11-18/h3-12,19H,13-14H2,1-2H3,(H,25,29)/t19-,23+/m0/s1. The highest BCUT2D eigenvalue weighted by atomic mass is 19.1. The van der Waals surface area contributed by atoms with E-state index in [0.29, 0.717) is 23.6 Å². The summed E-state index contributed by atoms with van der Waals surface area (Å²) in [5.41, 5.74) is 1.39. The number of benzene rings is 2. The second-order valence-corrected chi connectivity index (χ2v) is 7.62. The van der Waals surface area contributed by atoms with Gasteiger partial charge in [-0.25, -0.2) is 9.07 Å². The van der Waals surface area contributed by atoms with Gasteiger partial charge in [0.05, 0.1) is 12.5 Å². The van der Waals surface area contributed by atoms with Gasteiger partial charge in [0, 0.05) is 24.2 Å². The maximum absolute atomic E-state index is 13.1. The second kappa shape index (κ2) is 7.74. The van der Waals surface area contributed by atoms with E-state index < -0.39 is 5.41 Å². The molecule has 7 heteroatoms. The molecule has 1 aliphatic rings. The van der Waals surface area contributed by atoms with Crippen molar-refractivity contribution in [2.24, 2.45) is 13.0 Å². The van der Waals surface area contributed by atoms with E-state index in [1.807, 2.05) is 30.3 Å². The first-order valence-corrected chi connectivity index (χ1v) is 9.69. The Hall–Kier alpha value is -3.48. The van der Waals surface area contributed by atoms with Gasteiger partial charge < -0.3 is 10.1 Å². The molecule has 0 saturated heterocycles. The minimum Gasteiger partial charge on any atom is -0.490 e. The van der Waals surface area contributed by atoms with Crippen molar-refractivity contribution in [2.45, 2.75) is 18.8 Å². The maximum atomic E-state index is 13.1. The zero-order valence-electron chi connectivity index (χ0n) is 16.8. The van der Waals surface area contributed by atoms with Crippen LogP contribution in [-0.2, 0) is 17.3 Å². The molecule has 1 aromatic heterocycles. The fourth-order valence-electron chi connectivity index (χ4n) is 3.73. The van der Waals surface area contributed by atoms with Gasteiger partial charge in [-0.1, -0.05) is 30.3 Å². The summed E-state index contributed by atoms with van der Waals surface area (Å²) in [6.45, 7) is 2.02. The largest absolute Gasteiger partial charge is 0.490 e. The van der Waals surface area contributed by atoms with Crippen LogP contribution >= 0.6 is 0 Å². The number of halogens is 1. The van der Waals surface area contributed by atoms with Gasteiger partial charge in [-0.2, -0.15) is 5.10 Å². The van der Waals surface area contributed by atoms with Crippen molar-refractivity contribution in [1.29, 1.82) is 0 Å². The normalized spacial score (nSPS) is 19.9. The Morgan fingerprint density at radius 2 is 1.93 bits per heavy atom. The Bertz CT molecular complexity index is 1130. The minimum absolute atomic E-state index is 0.145. The van der Waals surface area contributed by atoms with Crippen LogP contribution in [0.3, 0.4) is 0 Å². The average Bonchev–Trinajstić information content (AvgIpc) is 3.48. The van der Waals surface area contributed by atoms with Gasteiger partial charge in [0.25, 0.3) is 5.56 Å². The summed E-state index contributed by atoms with van der Waals surface area (Å²) in [4.78, 5) is 24.8. The van der Waals surface area contributed by atoms with Gasteiger partial charge in [-0.3, -0.25) is 9.59 Å². The molecule has 0 aliphatic heterocycles. The Kier molecular flexibility index (Phi) is 5.11. The third-order valence-corrected chi connectivity index (χ3v) is 5.57. The number of nitrogens with one attached hydrogen (secondary N) is 1. The molecular weight excluding hydrogens is 385 g/mol. The number of aryl methyl sites for hydroxylation is 2. The highest BCUT2D eigenvalue weighted by molar-refractivity contribution is 5.96. The molecule has 0 unspecified atom stereocenters. The number of ether oxygens (including phenoxy) is 1. The fraction of sp³-hybridized carbons (Fsp3) is 0.261. The lowest BCUT2D eigenvalue weighted by molar-refractivity contribution is -0.117. The van der Waals surface area contributed by atoms with Crippen LogP contribution in [0.15, 0.2) is 65.5 Å². The molecule has 30 heavy (non-hydrogen) atoms. The zero-order valence-corrected chi connectivity index (χ0v) is 16.8. The van der Waals surface area contributed by atoms with Gasteiger partial charge >= 0.3 is 0 Å². The van der Waals surface area contributed by atoms with Crippen molar-refractivity contribution in [1.82, 2.24) is 9.78 Å². The lowest BCUT2D eigenvalue weighted by Crippen LogP contribution is -2.27. The number of carbonyl (C=O) groups is 1. The van der Waals surface area contributed by atoms with E-state index in [-0.39, 0.29) is 29.8 Å². The van der Waals surface area contributed by atoms with Crippen LogP contribution in [0.5, 0.6) is 5.75 Å². The number of hydrogen-bond donors (Lipinski definition) is 1. The Morgan fingerprint density at radius 3 is 2.63 bits per heavy atom. The first-order chi connectivity index (χ1) is 14.4. The summed E-state index contributed by atoms with van der Waals surface area (Å²) in [6.07, 6.45) is 0.612. The van der Waals surface area contributed by atoms with E-state index in [4.69, 9.17) is 4.74 Å². The molecule has 1 heterocycles. The molecule has 4 rings (SSSR count). The predicted molar refractivity (Wildman–Crippen MR) is 111 cm³/mol. The van der Waals surface area contributed by atoms with E-state index in [0.717, 1.165) is 5.56 Å². The Morgan fingerprint density at radius 1 is 1.23 bits per heavy atom. The van der Waals surface area contributed by atoms with E-state index in [9.17, 15) is 14.0 Å². The van der Waals surface area contributed by atoms with Crippen LogP contribution in [0.4, 0.5) is 10.1 Å². The molecule has 2 atom stereocenters. The van der Waals surface area contributed by atoms with Crippen LogP contribution in [0.1, 0.15) is 17.7 Å². The lowest BCUT2D eigenvalue weighted by Gasteiger charge is -2.20. The quantitative estimate of drug-likeness (QED) is 0.681. The Balaban J connectivity index is 1.56. The topological polar surface area (TPSA) is 73.2 Å². The molecule has 1 N–H and O–H groups in total. The van der Waals surface area contributed by atoms with Crippen molar-refractivity contribution in [2.75, 3.05) is 11.9 Å². The summed E-state index contributed by atoms with van der Waals surface area (Å²) in [5.74, 6) is -0.389. The summed E-state index contributed by atoms with van der Waals surface area (Å²) in [7, 11) is 1.58. The molecule has 6 nitrogen and oxygen atoms in total. The monoisotopic (exact) mass is 407 g/mol. The number of hydrogen-bond acceptors (Lipinski definition) is 4. The van der Waals surface area contributed by atoms with Crippen molar-refractivity contribution in [3.63, 3.8) is 0 Å². The van der Waals surface area contributed by atoms with Crippen LogP contribution in [-0.4, -0.2) is 22.3 Å². The molecule has 1 saturated carbocycles. The molecule has 3 aromatic rings. The molecule has 1 amide bonds. The van der Waals surface area contributed by atoms with Crippen LogP contribution < -0.4 is 15.6 Å².